The van der Waals surface area contributed by atoms with Crippen LogP contribution in [-0.2, 0) is 4.79 Å². The Morgan fingerprint density at radius 1 is 0.879 bits per heavy atom. The summed E-state index contributed by atoms with van der Waals surface area (Å²) in [6, 6.07) is 28.1. The Hall–Kier alpha value is -4.40. The number of hydrogen-bond donors (Lipinski definition) is 1. The minimum Gasteiger partial charge on any atom is -0.423 e. The average Bonchev–Trinajstić information content (AvgIpc) is 2.84. The van der Waals surface area contributed by atoms with E-state index in [-0.39, 0.29) is 5.57 Å². The van der Waals surface area contributed by atoms with E-state index in [0.29, 0.717) is 27.6 Å². The monoisotopic (exact) mass is 452 g/mol. The van der Waals surface area contributed by atoms with Gasteiger partial charge in [0.2, 0.25) is 0 Å². The van der Waals surface area contributed by atoms with E-state index in [9.17, 15) is 14.9 Å². The molecule has 1 N–H and O–H groups in total. The van der Waals surface area contributed by atoms with Gasteiger partial charge in [0.05, 0.1) is 5.56 Å². The van der Waals surface area contributed by atoms with Crippen LogP contribution in [0.4, 0.5) is 5.69 Å². The van der Waals surface area contributed by atoms with Crippen molar-refractivity contribution >= 4 is 46.0 Å². The smallest absolute Gasteiger partial charge is 0.343 e. The summed E-state index contributed by atoms with van der Waals surface area (Å²) in [7, 11) is 0. The Morgan fingerprint density at radius 3 is 2.30 bits per heavy atom. The number of benzene rings is 4. The van der Waals surface area contributed by atoms with Crippen molar-refractivity contribution in [2.45, 2.75) is 0 Å². The van der Waals surface area contributed by atoms with Gasteiger partial charge in [-0.2, -0.15) is 5.26 Å². The lowest BCUT2D eigenvalue weighted by Crippen LogP contribution is -2.13. The van der Waals surface area contributed by atoms with Crippen molar-refractivity contribution in [2.75, 3.05) is 5.32 Å². The molecule has 0 aliphatic heterocycles. The fraction of sp³-hybridized carbons (Fsp3) is 0. The lowest BCUT2D eigenvalue weighted by Gasteiger charge is -2.08. The summed E-state index contributed by atoms with van der Waals surface area (Å²) in [6.07, 6.45) is 1.48. The molecule has 4 aromatic carbocycles. The van der Waals surface area contributed by atoms with Crippen LogP contribution in [-0.4, -0.2) is 11.9 Å². The van der Waals surface area contributed by atoms with Gasteiger partial charge >= 0.3 is 5.97 Å². The number of halogens is 1. The molecule has 0 aliphatic rings. The Morgan fingerprint density at radius 2 is 1.58 bits per heavy atom. The molecular formula is C27H17ClN2O3. The first-order valence-corrected chi connectivity index (χ1v) is 10.4. The molecule has 160 valence electrons. The van der Waals surface area contributed by atoms with Crippen LogP contribution in [0, 0.1) is 11.3 Å². The highest BCUT2D eigenvalue weighted by atomic mass is 35.5. The van der Waals surface area contributed by atoms with Gasteiger partial charge in [-0.1, -0.05) is 60.1 Å². The summed E-state index contributed by atoms with van der Waals surface area (Å²) in [5, 5.41) is 14.7. The van der Waals surface area contributed by atoms with Crippen LogP contribution in [0.1, 0.15) is 15.9 Å². The van der Waals surface area contributed by atoms with Crippen LogP contribution in [0.15, 0.2) is 96.6 Å². The first-order valence-electron chi connectivity index (χ1n) is 10.0. The Kier molecular flexibility index (Phi) is 6.49. The predicted molar refractivity (Wildman–Crippen MR) is 129 cm³/mol. The van der Waals surface area contributed by atoms with Crippen LogP contribution >= 0.6 is 11.6 Å². The van der Waals surface area contributed by atoms with Crippen LogP contribution < -0.4 is 10.1 Å². The van der Waals surface area contributed by atoms with Gasteiger partial charge < -0.3 is 10.1 Å². The van der Waals surface area contributed by atoms with Gasteiger partial charge in [0.1, 0.15) is 17.4 Å². The maximum absolute atomic E-state index is 12.7. The number of esters is 1. The third-order valence-electron chi connectivity index (χ3n) is 4.88. The van der Waals surface area contributed by atoms with E-state index in [4.69, 9.17) is 16.3 Å². The van der Waals surface area contributed by atoms with E-state index in [1.807, 2.05) is 42.5 Å². The van der Waals surface area contributed by atoms with Crippen molar-refractivity contribution in [3.8, 4) is 11.8 Å². The molecule has 0 aromatic heterocycles. The molecule has 0 saturated heterocycles. The molecule has 0 heterocycles. The molecule has 0 unspecified atom stereocenters. The average molecular weight is 453 g/mol. The lowest BCUT2D eigenvalue weighted by molar-refractivity contribution is -0.112. The third kappa shape index (κ3) is 5.27. The Bertz CT molecular complexity index is 1400. The number of nitriles is 1. The standard InChI is InChI=1S/C27H17ClN2O3/c28-22-12-10-20(11-13-22)27(32)33-23-14-8-18(9-15-23)16-21(17-29)26(31)30-25-7-3-5-19-4-1-2-6-24(19)25/h1-16H,(H,30,31)/b21-16+. The SMILES string of the molecule is N#C/C(=C\c1ccc(OC(=O)c2ccc(Cl)cc2)cc1)C(=O)Nc1cccc2ccccc12. The van der Waals surface area contributed by atoms with Crippen molar-refractivity contribution in [1.82, 2.24) is 0 Å². The van der Waals surface area contributed by atoms with Crippen molar-refractivity contribution in [3.63, 3.8) is 0 Å². The van der Waals surface area contributed by atoms with Gasteiger partial charge in [0, 0.05) is 16.1 Å². The number of hydrogen-bond acceptors (Lipinski definition) is 4. The first kappa shape index (κ1) is 21.8. The summed E-state index contributed by atoms with van der Waals surface area (Å²) in [5.74, 6) is -0.681. The molecule has 0 spiro atoms. The van der Waals surface area contributed by atoms with Crippen molar-refractivity contribution in [2.24, 2.45) is 0 Å². The molecule has 0 saturated carbocycles. The number of carbonyl (C=O) groups is 2. The highest BCUT2D eigenvalue weighted by Gasteiger charge is 2.12. The van der Waals surface area contributed by atoms with Crippen LogP contribution in [0.2, 0.25) is 5.02 Å². The molecule has 0 atom stereocenters. The van der Waals surface area contributed by atoms with Crippen molar-refractivity contribution in [3.05, 3.63) is 113 Å². The van der Waals surface area contributed by atoms with E-state index in [0.717, 1.165) is 10.8 Å². The fourth-order valence-corrected chi connectivity index (χ4v) is 3.35. The molecule has 0 radical (unpaired) electrons. The molecule has 33 heavy (non-hydrogen) atoms. The lowest BCUT2D eigenvalue weighted by atomic mass is 10.1. The van der Waals surface area contributed by atoms with Gasteiger partial charge in [-0.15, -0.1) is 0 Å². The van der Waals surface area contributed by atoms with E-state index in [1.54, 1.807) is 54.6 Å². The highest BCUT2D eigenvalue weighted by Crippen LogP contribution is 2.24. The Balaban J connectivity index is 1.47. The number of carbonyl (C=O) groups excluding carboxylic acids is 2. The number of fused-ring (bicyclic) bond motifs is 1. The number of amides is 1. The van der Waals surface area contributed by atoms with Crippen molar-refractivity contribution < 1.29 is 14.3 Å². The van der Waals surface area contributed by atoms with Gasteiger partial charge in [-0.3, -0.25) is 4.79 Å². The summed E-state index contributed by atoms with van der Waals surface area (Å²) < 4.78 is 5.35. The highest BCUT2D eigenvalue weighted by molar-refractivity contribution is 6.30. The zero-order valence-electron chi connectivity index (χ0n) is 17.3. The summed E-state index contributed by atoms with van der Waals surface area (Å²) in [4.78, 5) is 24.9. The summed E-state index contributed by atoms with van der Waals surface area (Å²) >= 11 is 5.83. The van der Waals surface area contributed by atoms with Crippen LogP contribution in [0.5, 0.6) is 5.75 Å². The van der Waals surface area contributed by atoms with Gasteiger partial charge in [-0.05, 0) is 59.5 Å². The summed E-state index contributed by atoms with van der Waals surface area (Å²) in [6.45, 7) is 0. The predicted octanol–water partition coefficient (Wildman–Crippen LogP) is 6.26. The van der Waals surface area contributed by atoms with Gasteiger partial charge in [0.15, 0.2) is 0 Å². The molecule has 0 bridgehead atoms. The second-order valence-corrected chi connectivity index (χ2v) is 7.55. The number of ether oxygens (including phenoxy) is 1. The van der Waals surface area contributed by atoms with E-state index in [2.05, 4.69) is 5.32 Å². The molecule has 1 amide bonds. The molecule has 4 aromatic rings. The fourth-order valence-electron chi connectivity index (χ4n) is 3.22. The quantitative estimate of drug-likeness (QED) is 0.168. The van der Waals surface area contributed by atoms with Gasteiger partial charge in [-0.25, -0.2) is 4.79 Å². The largest absolute Gasteiger partial charge is 0.423 e. The first-order chi connectivity index (χ1) is 16.0. The molecule has 0 fully saturated rings. The van der Waals surface area contributed by atoms with Crippen LogP contribution in [0.25, 0.3) is 16.8 Å². The minimum atomic E-state index is -0.512. The zero-order chi connectivity index (χ0) is 23.2. The molecule has 4 rings (SSSR count). The van der Waals surface area contributed by atoms with E-state index in [1.165, 1.54) is 6.08 Å². The summed E-state index contributed by atoms with van der Waals surface area (Å²) in [5.41, 5.74) is 1.57. The number of anilines is 1. The molecular weight excluding hydrogens is 436 g/mol. The zero-order valence-corrected chi connectivity index (χ0v) is 18.0. The molecule has 0 aliphatic carbocycles. The number of nitrogens with zero attached hydrogens (tertiary/aromatic N) is 1. The van der Waals surface area contributed by atoms with Crippen molar-refractivity contribution in [1.29, 1.82) is 5.26 Å². The minimum absolute atomic E-state index is 0.0474. The second kappa shape index (κ2) is 9.82. The Labute approximate surface area is 195 Å². The maximum Gasteiger partial charge on any atom is 0.343 e. The third-order valence-corrected chi connectivity index (χ3v) is 5.14. The number of rotatable bonds is 5. The maximum atomic E-state index is 12.7. The topological polar surface area (TPSA) is 79.2 Å². The number of nitrogens with one attached hydrogen (secondary N) is 1. The molecule has 6 heteroatoms. The van der Waals surface area contributed by atoms with E-state index >= 15 is 0 Å². The van der Waals surface area contributed by atoms with Crippen LogP contribution in [0.3, 0.4) is 0 Å². The normalized spacial score (nSPS) is 11.0. The second-order valence-electron chi connectivity index (χ2n) is 7.12. The molecule has 5 nitrogen and oxygen atoms in total. The van der Waals surface area contributed by atoms with Gasteiger partial charge in [0.25, 0.3) is 5.91 Å². The van der Waals surface area contributed by atoms with E-state index < -0.39 is 11.9 Å².